The van der Waals surface area contributed by atoms with E-state index in [1.165, 1.54) is 4.88 Å². The number of carbonyl (C=O) groups is 1. The third kappa shape index (κ3) is 3.64. The third-order valence-corrected chi connectivity index (χ3v) is 3.51. The van der Waals surface area contributed by atoms with Crippen LogP contribution in [0.5, 0.6) is 0 Å². The van der Waals surface area contributed by atoms with Crippen LogP contribution in [0, 0.1) is 6.92 Å². The molecular weight excluding hydrogens is 260 g/mol. The summed E-state index contributed by atoms with van der Waals surface area (Å²) < 4.78 is 0. The van der Waals surface area contributed by atoms with E-state index in [1.54, 1.807) is 17.7 Å². The minimum atomic E-state index is 0.0503. The Labute approximate surface area is 116 Å². The fourth-order valence-corrected chi connectivity index (χ4v) is 2.65. The fraction of sp³-hybridized carbons (Fsp3) is 0.462. The SMILES string of the molecule is Cc1cc2c(NCCC(=O)NC(C)C)ncnc2s1. The molecule has 1 amide bonds. The number of rotatable bonds is 5. The van der Waals surface area contributed by atoms with Crippen LogP contribution in [-0.2, 0) is 4.79 Å². The lowest BCUT2D eigenvalue weighted by Gasteiger charge is -2.09. The highest BCUT2D eigenvalue weighted by molar-refractivity contribution is 7.18. The Morgan fingerprint density at radius 2 is 2.21 bits per heavy atom. The summed E-state index contributed by atoms with van der Waals surface area (Å²) in [6, 6.07) is 2.24. The molecule has 0 bridgehead atoms. The lowest BCUT2D eigenvalue weighted by atomic mass is 10.3. The van der Waals surface area contributed by atoms with Gasteiger partial charge in [-0.3, -0.25) is 4.79 Å². The second-order valence-electron chi connectivity index (χ2n) is 4.70. The summed E-state index contributed by atoms with van der Waals surface area (Å²) in [7, 11) is 0. The molecule has 0 saturated carbocycles. The van der Waals surface area contributed by atoms with E-state index >= 15 is 0 Å². The number of nitrogens with one attached hydrogen (secondary N) is 2. The number of nitrogens with zero attached hydrogens (tertiary/aromatic N) is 2. The molecule has 0 atom stereocenters. The van der Waals surface area contributed by atoms with Crippen LogP contribution >= 0.6 is 11.3 Å². The molecule has 0 spiro atoms. The molecule has 5 nitrogen and oxygen atoms in total. The molecule has 0 radical (unpaired) electrons. The molecule has 0 aliphatic rings. The van der Waals surface area contributed by atoms with Crippen molar-refractivity contribution in [2.75, 3.05) is 11.9 Å². The zero-order valence-electron chi connectivity index (χ0n) is 11.4. The molecule has 0 aliphatic heterocycles. The maximum Gasteiger partial charge on any atom is 0.221 e. The Balaban J connectivity index is 1.96. The van der Waals surface area contributed by atoms with Gasteiger partial charge >= 0.3 is 0 Å². The summed E-state index contributed by atoms with van der Waals surface area (Å²) in [6.07, 6.45) is 1.99. The number of thiophene rings is 1. The molecule has 6 heteroatoms. The van der Waals surface area contributed by atoms with Crippen molar-refractivity contribution in [2.45, 2.75) is 33.2 Å². The zero-order valence-corrected chi connectivity index (χ0v) is 12.2. The number of hydrogen-bond acceptors (Lipinski definition) is 5. The lowest BCUT2D eigenvalue weighted by molar-refractivity contribution is -0.121. The first-order chi connectivity index (χ1) is 9.06. The average molecular weight is 278 g/mol. The summed E-state index contributed by atoms with van der Waals surface area (Å²) in [4.78, 5) is 22.2. The van der Waals surface area contributed by atoms with E-state index < -0.39 is 0 Å². The summed E-state index contributed by atoms with van der Waals surface area (Å²) >= 11 is 1.64. The molecule has 2 aromatic rings. The maximum absolute atomic E-state index is 11.5. The van der Waals surface area contributed by atoms with E-state index in [-0.39, 0.29) is 11.9 Å². The van der Waals surface area contributed by atoms with Crippen molar-refractivity contribution in [3.8, 4) is 0 Å². The number of amides is 1. The van der Waals surface area contributed by atoms with Gasteiger partial charge in [0.15, 0.2) is 0 Å². The lowest BCUT2D eigenvalue weighted by Crippen LogP contribution is -2.31. The van der Waals surface area contributed by atoms with Crippen LogP contribution in [0.15, 0.2) is 12.4 Å². The molecule has 2 heterocycles. The van der Waals surface area contributed by atoms with E-state index in [9.17, 15) is 4.79 Å². The van der Waals surface area contributed by atoms with Gasteiger partial charge in [0.05, 0.1) is 5.39 Å². The highest BCUT2D eigenvalue weighted by atomic mass is 32.1. The van der Waals surface area contributed by atoms with E-state index in [2.05, 4.69) is 26.7 Å². The normalized spacial score (nSPS) is 10.9. The summed E-state index contributed by atoms with van der Waals surface area (Å²) in [5, 5.41) is 7.08. The van der Waals surface area contributed by atoms with Gasteiger partial charge in [0.2, 0.25) is 5.91 Å². The number of anilines is 1. The van der Waals surface area contributed by atoms with Crippen LogP contribution in [0.4, 0.5) is 5.82 Å². The van der Waals surface area contributed by atoms with E-state index in [0.29, 0.717) is 13.0 Å². The minimum absolute atomic E-state index is 0.0503. The Kier molecular flexibility index (Phi) is 4.31. The van der Waals surface area contributed by atoms with Crippen LogP contribution in [0.1, 0.15) is 25.1 Å². The Bertz CT molecular complexity index is 579. The zero-order chi connectivity index (χ0) is 13.8. The van der Waals surface area contributed by atoms with Crippen molar-refractivity contribution in [1.29, 1.82) is 0 Å². The number of aryl methyl sites for hydroxylation is 1. The van der Waals surface area contributed by atoms with Crippen molar-refractivity contribution in [1.82, 2.24) is 15.3 Å². The fourth-order valence-electron chi connectivity index (χ4n) is 1.81. The Morgan fingerprint density at radius 1 is 1.42 bits per heavy atom. The highest BCUT2D eigenvalue weighted by Crippen LogP contribution is 2.27. The summed E-state index contributed by atoms with van der Waals surface area (Å²) in [5.41, 5.74) is 0. The van der Waals surface area contributed by atoms with Gasteiger partial charge in [-0.2, -0.15) is 0 Å². The standard InChI is InChI=1S/C13H18N4OS/c1-8(2)17-11(18)4-5-14-12-10-6-9(3)19-13(10)16-7-15-12/h6-8H,4-5H2,1-3H3,(H,17,18)(H,14,15,16). The second kappa shape index (κ2) is 5.97. The average Bonchev–Trinajstić information content (AvgIpc) is 2.69. The van der Waals surface area contributed by atoms with Crippen molar-refractivity contribution in [3.05, 3.63) is 17.3 Å². The number of carbonyl (C=O) groups excluding carboxylic acids is 1. The third-order valence-electron chi connectivity index (χ3n) is 2.55. The van der Waals surface area contributed by atoms with Crippen molar-refractivity contribution < 1.29 is 4.79 Å². The van der Waals surface area contributed by atoms with Crippen molar-refractivity contribution in [2.24, 2.45) is 0 Å². The maximum atomic E-state index is 11.5. The van der Waals surface area contributed by atoms with E-state index in [0.717, 1.165) is 16.0 Å². The van der Waals surface area contributed by atoms with Gasteiger partial charge in [0, 0.05) is 23.9 Å². The monoisotopic (exact) mass is 278 g/mol. The molecule has 0 fully saturated rings. The van der Waals surface area contributed by atoms with Gasteiger partial charge in [-0.1, -0.05) is 0 Å². The summed E-state index contributed by atoms with van der Waals surface area (Å²) in [5.74, 6) is 0.848. The smallest absolute Gasteiger partial charge is 0.221 e. The predicted molar refractivity (Wildman–Crippen MR) is 78.5 cm³/mol. The summed E-state index contributed by atoms with van der Waals surface area (Å²) in [6.45, 7) is 6.52. The van der Waals surface area contributed by atoms with Gasteiger partial charge < -0.3 is 10.6 Å². The van der Waals surface area contributed by atoms with Gasteiger partial charge in [-0.05, 0) is 26.8 Å². The van der Waals surface area contributed by atoms with Crippen LogP contribution in [0.25, 0.3) is 10.2 Å². The van der Waals surface area contributed by atoms with E-state index in [4.69, 9.17) is 0 Å². The highest BCUT2D eigenvalue weighted by Gasteiger charge is 2.07. The number of aromatic nitrogens is 2. The predicted octanol–water partition coefficient (Wildman–Crippen LogP) is 2.33. The van der Waals surface area contributed by atoms with Crippen molar-refractivity contribution in [3.63, 3.8) is 0 Å². The second-order valence-corrected chi connectivity index (χ2v) is 5.93. The molecule has 0 saturated heterocycles. The van der Waals surface area contributed by atoms with E-state index in [1.807, 2.05) is 20.8 Å². The largest absolute Gasteiger partial charge is 0.369 e. The van der Waals surface area contributed by atoms with Gasteiger partial charge in [0.25, 0.3) is 0 Å². The number of hydrogen-bond donors (Lipinski definition) is 2. The molecule has 19 heavy (non-hydrogen) atoms. The molecule has 2 aromatic heterocycles. The van der Waals surface area contributed by atoms with Crippen LogP contribution < -0.4 is 10.6 Å². The molecule has 0 aliphatic carbocycles. The van der Waals surface area contributed by atoms with Gasteiger partial charge in [-0.15, -0.1) is 11.3 Å². The molecular formula is C13H18N4OS. The van der Waals surface area contributed by atoms with Crippen molar-refractivity contribution >= 4 is 33.3 Å². The van der Waals surface area contributed by atoms with Crippen LogP contribution in [0.3, 0.4) is 0 Å². The van der Waals surface area contributed by atoms with Crippen LogP contribution in [0.2, 0.25) is 0 Å². The first-order valence-corrected chi connectivity index (χ1v) is 7.12. The minimum Gasteiger partial charge on any atom is -0.369 e. The van der Waals surface area contributed by atoms with Gasteiger partial charge in [0.1, 0.15) is 17.0 Å². The topological polar surface area (TPSA) is 66.9 Å². The first-order valence-electron chi connectivity index (χ1n) is 6.30. The van der Waals surface area contributed by atoms with Gasteiger partial charge in [-0.25, -0.2) is 9.97 Å². The molecule has 102 valence electrons. The Morgan fingerprint density at radius 3 is 2.95 bits per heavy atom. The Hall–Kier alpha value is -1.69. The molecule has 0 aromatic carbocycles. The van der Waals surface area contributed by atoms with Crippen LogP contribution in [-0.4, -0.2) is 28.5 Å². The molecule has 2 rings (SSSR count). The quantitative estimate of drug-likeness (QED) is 0.881. The number of fused-ring (bicyclic) bond motifs is 1. The molecule has 2 N–H and O–H groups in total. The first kappa shape index (κ1) is 13.7. The molecule has 0 unspecified atom stereocenters.